The van der Waals surface area contributed by atoms with Gasteiger partial charge in [-0.05, 0) is 25.5 Å². The molecule has 0 saturated heterocycles. The Balaban J connectivity index is 2.31. The van der Waals surface area contributed by atoms with Gasteiger partial charge < -0.3 is 10.1 Å². The molecule has 1 N–H and O–H groups in total. The van der Waals surface area contributed by atoms with Gasteiger partial charge in [0.05, 0.1) is 5.69 Å². The van der Waals surface area contributed by atoms with Gasteiger partial charge in [0.25, 0.3) is 0 Å². The summed E-state index contributed by atoms with van der Waals surface area (Å²) in [6, 6.07) is 9.59. The van der Waals surface area contributed by atoms with E-state index < -0.39 is 0 Å². The molecule has 0 spiro atoms. The fourth-order valence-corrected chi connectivity index (χ4v) is 1.99. The van der Waals surface area contributed by atoms with Crippen LogP contribution in [0.1, 0.15) is 26.1 Å². The molecule has 0 saturated carbocycles. The van der Waals surface area contributed by atoms with Crippen LogP contribution >= 0.6 is 11.6 Å². The van der Waals surface area contributed by atoms with Gasteiger partial charge in [0, 0.05) is 29.8 Å². The predicted octanol–water partition coefficient (Wildman–Crippen LogP) is 4.16. The van der Waals surface area contributed by atoms with E-state index in [1.54, 1.807) is 0 Å². The Kier molecular flexibility index (Phi) is 5.96. The molecule has 1 aromatic carbocycles. The summed E-state index contributed by atoms with van der Waals surface area (Å²) >= 11 is 5.93. The summed E-state index contributed by atoms with van der Waals surface area (Å²) in [5.41, 5.74) is 1.88. The Bertz CT molecular complexity index is 546. The lowest BCUT2D eigenvalue weighted by Gasteiger charge is -2.10. The van der Waals surface area contributed by atoms with Gasteiger partial charge in [-0.15, -0.1) is 0 Å². The van der Waals surface area contributed by atoms with Crippen molar-refractivity contribution in [1.82, 2.24) is 9.97 Å². The number of hydrogen-bond donors (Lipinski definition) is 1. The number of aromatic nitrogens is 2. The van der Waals surface area contributed by atoms with Crippen LogP contribution < -0.4 is 5.32 Å². The second-order valence-electron chi connectivity index (χ2n) is 4.63. The maximum absolute atomic E-state index is 5.93. The van der Waals surface area contributed by atoms with Gasteiger partial charge in [0.15, 0.2) is 5.82 Å². The van der Waals surface area contributed by atoms with Gasteiger partial charge in [0.2, 0.25) is 0 Å². The maximum atomic E-state index is 5.93. The Morgan fingerprint density at radius 2 is 1.90 bits per heavy atom. The Morgan fingerprint density at radius 1 is 1.14 bits per heavy atom. The van der Waals surface area contributed by atoms with Crippen molar-refractivity contribution in [2.24, 2.45) is 0 Å². The van der Waals surface area contributed by atoms with Gasteiger partial charge in [0.1, 0.15) is 12.4 Å². The van der Waals surface area contributed by atoms with Crippen LogP contribution in [-0.4, -0.2) is 23.1 Å². The van der Waals surface area contributed by atoms with E-state index in [1.165, 1.54) is 0 Å². The molecule has 1 heterocycles. The van der Waals surface area contributed by atoms with E-state index in [9.17, 15) is 0 Å². The summed E-state index contributed by atoms with van der Waals surface area (Å²) in [5.74, 6) is 1.51. The molecule has 1 aromatic heterocycles. The largest absolute Gasteiger partial charge is 0.374 e. The highest BCUT2D eigenvalue weighted by molar-refractivity contribution is 6.30. The molecular formula is C16H20ClN3O. The monoisotopic (exact) mass is 305 g/mol. The lowest BCUT2D eigenvalue weighted by atomic mass is 10.1. The molecule has 0 bridgehead atoms. The highest BCUT2D eigenvalue weighted by Crippen LogP contribution is 2.22. The minimum absolute atomic E-state index is 0.415. The van der Waals surface area contributed by atoms with Crippen LogP contribution in [0.25, 0.3) is 11.3 Å². The van der Waals surface area contributed by atoms with Crippen LogP contribution in [0.5, 0.6) is 0 Å². The van der Waals surface area contributed by atoms with E-state index >= 15 is 0 Å². The SMILES string of the molecule is CCCNc1cc(-c2ccc(Cl)cc2)nc(COCC)n1. The van der Waals surface area contributed by atoms with E-state index in [2.05, 4.69) is 22.2 Å². The molecule has 0 unspecified atom stereocenters. The van der Waals surface area contributed by atoms with Crippen molar-refractivity contribution in [2.45, 2.75) is 26.9 Å². The van der Waals surface area contributed by atoms with Gasteiger partial charge in [-0.2, -0.15) is 0 Å². The van der Waals surface area contributed by atoms with Crippen LogP contribution in [-0.2, 0) is 11.3 Å². The normalized spacial score (nSPS) is 10.6. The first-order valence-electron chi connectivity index (χ1n) is 7.18. The van der Waals surface area contributed by atoms with E-state index in [4.69, 9.17) is 16.3 Å². The lowest BCUT2D eigenvalue weighted by molar-refractivity contribution is 0.128. The Labute approximate surface area is 130 Å². The predicted molar refractivity (Wildman–Crippen MR) is 86.6 cm³/mol. The van der Waals surface area contributed by atoms with Crippen molar-refractivity contribution in [2.75, 3.05) is 18.5 Å². The summed E-state index contributed by atoms with van der Waals surface area (Å²) in [5, 5.41) is 4.01. The molecule has 0 aliphatic carbocycles. The van der Waals surface area contributed by atoms with Crippen LogP contribution in [0.2, 0.25) is 5.02 Å². The molecule has 4 nitrogen and oxygen atoms in total. The molecule has 0 atom stereocenters. The van der Waals surface area contributed by atoms with E-state index in [0.29, 0.717) is 24.1 Å². The second kappa shape index (κ2) is 7.96. The molecular weight excluding hydrogens is 286 g/mol. The zero-order chi connectivity index (χ0) is 15.1. The van der Waals surface area contributed by atoms with Crippen molar-refractivity contribution < 1.29 is 4.74 Å². The summed E-state index contributed by atoms with van der Waals surface area (Å²) in [7, 11) is 0. The summed E-state index contributed by atoms with van der Waals surface area (Å²) in [6.45, 7) is 6.02. The van der Waals surface area contributed by atoms with Crippen molar-refractivity contribution in [3.05, 3.63) is 41.2 Å². The molecule has 0 radical (unpaired) electrons. The summed E-state index contributed by atoms with van der Waals surface area (Å²) in [6.07, 6.45) is 1.04. The number of nitrogens with one attached hydrogen (secondary N) is 1. The van der Waals surface area contributed by atoms with Crippen molar-refractivity contribution in [1.29, 1.82) is 0 Å². The third-order valence-corrected chi connectivity index (χ3v) is 3.16. The number of ether oxygens (including phenoxy) is 1. The fourth-order valence-electron chi connectivity index (χ4n) is 1.87. The van der Waals surface area contributed by atoms with Gasteiger partial charge in [-0.25, -0.2) is 9.97 Å². The second-order valence-corrected chi connectivity index (χ2v) is 5.06. The Morgan fingerprint density at radius 3 is 2.57 bits per heavy atom. The molecule has 0 fully saturated rings. The first-order chi connectivity index (χ1) is 10.2. The van der Waals surface area contributed by atoms with Crippen molar-refractivity contribution in [3.8, 4) is 11.3 Å². The van der Waals surface area contributed by atoms with Crippen LogP contribution in [0, 0.1) is 0 Å². The van der Waals surface area contributed by atoms with Crippen LogP contribution in [0.4, 0.5) is 5.82 Å². The quantitative estimate of drug-likeness (QED) is 0.834. The smallest absolute Gasteiger partial charge is 0.157 e. The molecule has 0 amide bonds. The Hall–Kier alpha value is -1.65. The first-order valence-corrected chi connectivity index (χ1v) is 7.56. The van der Waals surface area contributed by atoms with Crippen molar-refractivity contribution in [3.63, 3.8) is 0 Å². The fraction of sp³-hybridized carbons (Fsp3) is 0.375. The minimum atomic E-state index is 0.415. The standard InChI is InChI=1S/C16H20ClN3O/c1-3-9-18-15-10-14(12-5-7-13(17)8-6-12)19-16(20-15)11-21-4-2/h5-8,10H,3-4,9,11H2,1-2H3,(H,18,19,20). The van der Waals surface area contributed by atoms with E-state index in [-0.39, 0.29) is 0 Å². The third-order valence-electron chi connectivity index (χ3n) is 2.90. The number of hydrogen-bond acceptors (Lipinski definition) is 4. The average molecular weight is 306 g/mol. The zero-order valence-corrected chi connectivity index (χ0v) is 13.2. The topological polar surface area (TPSA) is 47.0 Å². The van der Waals surface area contributed by atoms with E-state index in [1.807, 2.05) is 37.3 Å². The average Bonchev–Trinajstić information content (AvgIpc) is 2.51. The molecule has 0 aliphatic rings. The molecule has 0 aliphatic heterocycles. The molecule has 2 aromatic rings. The van der Waals surface area contributed by atoms with Gasteiger partial charge in [-0.1, -0.05) is 30.7 Å². The molecule has 2 rings (SSSR count). The number of nitrogens with zero attached hydrogens (tertiary/aromatic N) is 2. The highest BCUT2D eigenvalue weighted by atomic mass is 35.5. The summed E-state index contributed by atoms with van der Waals surface area (Å²) in [4.78, 5) is 9.04. The minimum Gasteiger partial charge on any atom is -0.374 e. The van der Waals surface area contributed by atoms with Crippen LogP contribution in [0.3, 0.4) is 0 Å². The first kappa shape index (κ1) is 15.7. The molecule has 21 heavy (non-hydrogen) atoms. The maximum Gasteiger partial charge on any atom is 0.157 e. The molecule has 112 valence electrons. The summed E-state index contributed by atoms with van der Waals surface area (Å²) < 4.78 is 5.42. The number of benzene rings is 1. The van der Waals surface area contributed by atoms with Crippen molar-refractivity contribution >= 4 is 17.4 Å². The highest BCUT2D eigenvalue weighted by Gasteiger charge is 2.07. The number of halogens is 1. The zero-order valence-electron chi connectivity index (χ0n) is 12.4. The van der Waals surface area contributed by atoms with E-state index in [0.717, 1.165) is 30.0 Å². The van der Waals surface area contributed by atoms with Gasteiger partial charge in [-0.3, -0.25) is 0 Å². The number of rotatable bonds is 7. The molecule has 5 heteroatoms. The van der Waals surface area contributed by atoms with Gasteiger partial charge >= 0.3 is 0 Å². The van der Waals surface area contributed by atoms with Crippen LogP contribution in [0.15, 0.2) is 30.3 Å². The lowest BCUT2D eigenvalue weighted by Crippen LogP contribution is -2.07. The third kappa shape index (κ3) is 4.69. The number of anilines is 1.